The molecule has 0 fully saturated rings. The van der Waals surface area contributed by atoms with Crippen molar-refractivity contribution in [3.63, 3.8) is 0 Å². The zero-order valence-corrected chi connectivity index (χ0v) is 13.8. The quantitative estimate of drug-likeness (QED) is 0.876. The van der Waals surface area contributed by atoms with Crippen molar-refractivity contribution in [3.05, 3.63) is 71.8 Å². The molecule has 128 valence electrons. The van der Waals surface area contributed by atoms with Crippen LogP contribution in [0.2, 0.25) is 0 Å². The summed E-state index contributed by atoms with van der Waals surface area (Å²) in [5.41, 5.74) is 2.91. The van der Waals surface area contributed by atoms with Crippen LogP contribution in [0.3, 0.4) is 0 Å². The summed E-state index contributed by atoms with van der Waals surface area (Å²) < 4.78 is 0. The summed E-state index contributed by atoms with van der Waals surface area (Å²) in [6.07, 6.45) is 1.15. The standard InChI is InChI=1S/C20H20N2O3/c23-19(12-7-13-20(24)25)22-18(16-10-5-2-6-11-16)14-17(21-22)15-8-3-1-4-9-15/h1-6,8-11,18H,7,12-14H2,(H,24,25)/t18-/m0/s1. The van der Waals surface area contributed by atoms with Crippen LogP contribution in [0, 0.1) is 0 Å². The number of aliphatic carboxylic acids is 1. The van der Waals surface area contributed by atoms with Crippen LogP contribution >= 0.6 is 0 Å². The maximum atomic E-state index is 12.6. The average Bonchev–Trinajstić information content (AvgIpc) is 3.08. The second-order valence-corrected chi connectivity index (χ2v) is 6.03. The molecule has 1 heterocycles. The Bertz CT molecular complexity index is 772. The summed E-state index contributed by atoms with van der Waals surface area (Å²) >= 11 is 0. The minimum Gasteiger partial charge on any atom is -0.481 e. The van der Waals surface area contributed by atoms with E-state index in [2.05, 4.69) is 5.10 Å². The third-order valence-corrected chi connectivity index (χ3v) is 4.24. The summed E-state index contributed by atoms with van der Waals surface area (Å²) in [5, 5.41) is 14.9. The van der Waals surface area contributed by atoms with E-state index in [1.165, 1.54) is 5.01 Å². The smallest absolute Gasteiger partial charge is 0.303 e. The topological polar surface area (TPSA) is 70.0 Å². The van der Waals surface area contributed by atoms with E-state index in [0.29, 0.717) is 12.8 Å². The normalized spacial score (nSPS) is 16.6. The fourth-order valence-electron chi connectivity index (χ4n) is 2.99. The highest BCUT2D eigenvalue weighted by Crippen LogP contribution is 2.33. The molecule has 0 radical (unpaired) electrons. The Balaban J connectivity index is 1.82. The molecule has 0 spiro atoms. The Labute approximate surface area is 146 Å². The third-order valence-electron chi connectivity index (χ3n) is 4.24. The monoisotopic (exact) mass is 336 g/mol. The second-order valence-electron chi connectivity index (χ2n) is 6.03. The number of carboxylic acids is 1. The molecule has 25 heavy (non-hydrogen) atoms. The van der Waals surface area contributed by atoms with E-state index in [0.717, 1.165) is 16.8 Å². The average molecular weight is 336 g/mol. The van der Waals surface area contributed by atoms with E-state index in [-0.39, 0.29) is 24.8 Å². The number of nitrogens with zero attached hydrogens (tertiary/aromatic N) is 2. The Morgan fingerprint density at radius 3 is 2.28 bits per heavy atom. The van der Waals surface area contributed by atoms with Crippen LogP contribution in [-0.4, -0.2) is 27.7 Å². The Morgan fingerprint density at radius 1 is 1.00 bits per heavy atom. The molecule has 1 atom stereocenters. The van der Waals surface area contributed by atoms with Crippen LogP contribution in [0.25, 0.3) is 0 Å². The number of amides is 1. The molecule has 5 heteroatoms. The van der Waals surface area contributed by atoms with Crippen LogP contribution in [0.4, 0.5) is 0 Å². The minimum absolute atomic E-state index is 0.00909. The summed E-state index contributed by atoms with van der Waals surface area (Å²) in [5.74, 6) is -1.02. The largest absolute Gasteiger partial charge is 0.481 e. The Kier molecular flexibility index (Phi) is 5.23. The van der Waals surface area contributed by atoms with Crippen LogP contribution < -0.4 is 0 Å². The number of carboxylic acid groups (broad SMARTS) is 1. The van der Waals surface area contributed by atoms with Crippen LogP contribution in [0.5, 0.6) is 0 Å². The van der Waals surface area contributed by atoms with Crippen LogP contribution in [-0.2, 0) is 9.59 Å². The minimum atomic E-state index is -0.887. The predicted molar refractivity (Wildman–Crippen MR) is 95.1 cm³/mol. The van der Waals surface area contributed by atoms with E-state index in [1.807, 2.05) is 60.7 Å². The van der Waals surface area contributed by atoms with E-state index >= 15 is 0 Å². The van der Waals surface area contributed by atoms with Crippen molar-refractivity contribution in [3.8, 4) is 0 Å². The number of hydrogen-bond acceptors (Lipinski definition) is 3. The van der Waals surface area contributed by atoms with Gasteiger partial charge in [0, 0.05) is 19.3 Å². The SMILES string of the molecule is O=C(O)CCCC(=O)N1N=C(c2ccccc2)C[C@H]1c1ccccc1. The number of hydrogen-bond donors (Lipinski definition) is 1. The molecule has 1 amide bonds. The first-order valence-electron chi connectivity index (χ1n) is 8.37. The summed E-state index contributed by atoms with van der Waals surface area (Å²) in [7, 11) is 0. The van der Waals surface area contributed by atoms with Crippen molar-refractivity contribution < 1.29 is 14.7 Å². The van der Waals surface area contributed by atoms with Gasteiger partial charge in [-0.05, 0) is 17.5 Å². The summed E-state index contributed by atoms with van der Waals surface area (Å²) in [6, 6.07) is 19.5. The predicted octanol–water partition coefficient (Wildman–Crippen LogP) is 3.62. The van der Waals surface area contributed by atoms with Gasteiger partial charge >= 0.3 is 5.97 Å². The molecular formula is C20H20N2O3. The highest BCUT2D eigenvalue weighted by atomic mass is 16.4. The lowest BCUT2D eigenvalue weighted by atomic mass is 9.98. The molecule has 0 unspecified atom stereocenters. The molecule has 1 aliphatic heterocycles. The number of carbonyl (C=O) groups excluding carboxylic acids is 1. The molecule has 1 N–H and O–H groups in total. The van der Waals surface area contributed by atoms with Gasteiger partial charge in [0.05, 0.1) is 11.8 Å². The maximum absolute atomic E-state index is 12.6. The highest BCUT2D eigenvalue weighted by molar-refractivity contribution is 6.03. The van der Waals surface area contributed by atoms with Crippen molar-refractivity contribution >= 4 is 17.6 Å². The number of rotatable bonds is 6. The molecule has 3 rings (SSSR count). The van der Waals surface area contributed by atoms with Crippen LogP contribution in [0.15, 0.2) is 65.8 Å². The van der Waals surface area contributed by atoms with Gasteiger partial charge in [-0.2, -0.15) is 5.10 Å². The van der Waals surface area contributed by atoms with E-state index in [4.69, 9.17) is 5.11 Å². The number of carbonyl (C=O) groups is 2. The third kappa shape index (κ3) is 4.12. The van der Waals surface area contributed by atoms with Crippen molar-refractivity contribution in [2.24, 2.45) is 5.10 Å². The molecule has 0 aliphatic carbocycles. The van der Waals surface area contributed by atoms with Crippen molar-refractivity contribution in [2.45, 2.75) is 31.7 Å². The molecule has 0 saturated carbocycles. The van der Waals surface area contributed by atoms with Crippen LogP contribution in [0.1, 0.15) is 42.9 Å². The van der Waals surface area contributed by atoms with Gasteiger partial charge in [-0.3, -0.25) is 9.59 Å². The van der Waals surface area contributed by atoms with Gasteiger partial charge in [0.25, 0.3) is 0 Å². The zero-order chi connectivity index (χ0) is 17.6. The summed E-state index contributed by atoms with van der Waals surface area (Å²) in [6.45, 7) is 0. The molecule has 0 aromatic heterocycles. The molecule has 2 aromatic rings. The molecule has 5 nitrogen and oxygen atoms in total. The first-order valence-corrected chi connectivity index (χ1v) is 8.37. The lowest BCUT2D eigenvalue weighted by Crippen LogP contribution is -2.26. The fraction of sp³-hybridized carbons (Fsp3) is 0.250. The molecule has 1 aliphatic rings. The van der Waals surface area contributed by atoms with Crippen molar-refractivity contribution in [2.75, 3.05) is 0 Å². The molecular weight excluding hydrogens is 316 g/mol. The zero-order valence-electron chi connectivity index (χ0n) is 13.8. The van der Waals surface area contributed by atoms with E-state index in [1.54, 1.807) is 0 Å². The van der Waals surface area contributed by atoms with E-state index in [9.17, 15) is 9.59 Å². The number of hydrazone groups is 1. The maximum Gasteiger partial charge on any atom is 0.303 e. The molecule has 0 bridgehead atoms. The van der Waals surface area contributed by atoms with Gasteiger partial charge in [-0.25, -0.2) is 5.01 Å². The lowest BCUT2D eigenvalue weighted by Gasteiger charge is -2.22. The number of benzene rings is 2. The van der Waals surface area contributed by atoms with Gasteiger partial charge in [0.1, 0.15) is 0 Å². The fourth-order valence-corrected chi connectivity index (χ4v) is 2.99. The van der Waals surface area contributed by atoms with Crippen molar-refractivity contribution in [1.29, 1.82) is 0 Å². The molecule has 2 aromatic carbocycles. The van der Waals surface area contributed by atoms with Crippen molar-refractivity contribution in [1.82, 2.24) is 5.01 Å². The summed E-state index contributed by atoms with van der Waals surface area (Å²) in [4.78, 5) is 23.3. The molecule has 0 saturated heterocycles. The van der Waals surface area contributed by atoms with Gasteiger partial charge < -0.3 is 5.11 Å². The Morgan fingerprint density at radius 2 is 1.64 bits per heavy atom. The lowest BCUT2D eigenvalue weighted by molar-refractivity contribution is -0.137. The highest BCUT2D eigenvalue weighted by Gasteiger charge is 2.32. The van der Waals surface area contributed by atoms with Gasteiger partial charge in [-0.15, -0.1) is 0 Å². The van der Waals surface area contributed by atoms with E-state index < -0.39 is 5.97 Å². The Hall–Kier alpha value is -2.95. The first-order chi connectivity index (χ1) is 12.1. The van der Waals surface area contributed by atoms with Gasteiger partial charge in [0.2, 0.25) is 5.91 Å². The second kappa shape index (κ2) is 7.75. The van der Waals surface area contributed by atoms with Gasteiger partial charge in [0.15, 0.2) is 0 Å². The first kappa shape index (κ1) is 16.9. The van der Waals surface area contributed by atoms with Gasteiger partial charge in [-0.1, -0.05) is 60.7 Å².